The Morgan fingerprint density at radius 3 is 1.64 bits per heavy atom. The summed E-state index contributed by atoms with van der Waals surface area (Å²) in [7, 11) is 0. The van der Waals surface area contributed by atoms with E-state index >= 15 is 9.59 Å². The van der Waals surface area contributed by atoms with Crippen LogP contribution in [0.15, 0.2) is 95.4 Å². The molecule has 2 aromatic heterocycles. The van der Waals surface area contributed by atoms with Crippen LogP contribution in [0, 0.1) is 34.5 Å². The normalized spacial score (nSPS) is 32.6. The van der Waals surface area contributed by atoms with Gasteiger partial charge in [-0.25, -0.2) is 4.98 Å². The third-order valence-electron chi connectivity index (χ3n) is 15.5. The van der Waals surface area contributed by atoms with Crippen LogP contribution in [0.5, 0.6) is 0 Å². The maximum Gasteiger partial charge on any atom is 0.325 e. The molecule has 300 valence electrons. The van der Waals surface area contributed by atoms with E-state index in [9.17, 15) is 0 Å². The molecule has 0 aliphatic heterocycles. The second kappa shape index (κ2) is 13.0. The van der Waals surface area contributed by atoms with Crippen LogP contribution < -0.4 is 10.0 Å². The number of amides is 2. The number of para-hydroxylation sites is 1. The number of benzene rings is 4. The Morgan fingerprint density at radius 1 is 0.593 bits per heavy atom. The predicted octanol–water partition coefficient (Wildman–Crippen LogP) is 12.8. The minimum atomic E-state index is -0.747. The van der Waals surface area contributed by atoms with Gasteiger partial charge in [-0.15, -0.1) is 0 Å². The summed E-state index contributed by atoms with van der Waals surface area (Å²) in [5, 5.41) is 5.60. The molecule has 0 spiro atoms. The lowest BCUT2D eigenvalue weighted by Gasteiger charge is -2.63. The number of anilines is 2. The molecule has 8 aliphatic rings. The van der Waals surface area contributed by atoms with Gasteiger partial charge in [0, 0.05) is 15.1 Å². The van der Waals surface area contributed by atoms with Crippen molar-refractivity contribution in [2.75, 3.05) is 10.0 Å². The largest absolute Gasteiger partial charge is 0.422 e. The third-order valence-corrected chi connectivity index (χ3v) is 17.3. The Morgan fingerprint density at radius 2 is 1.10 bits per heavy atom. The van der Waals surface area contributed by atoms with Crippen LogP contribution in [0.25, 0.3) is 21.3 Å². The van der Waals surface area contributed by atoms with Crippen molar-refractivity contribution in [3.63, 3.8) is 0 Å². The Labute approximate surface area is 362 Å². The lowest BCUT2D eigenvalue weighted by molar-refractivity contribution is -0.151. The fraction of sp³-hybridized carbons (Fsp3) is 0.417. The molecule has 59 heavy (non-hydrogen) atoms. The van der Waals surface area contributed by atoms with E-state index in [0.717, 1.165) is 74.4 Å². The molecule has 4 atom stereocenters. The number of aromatic nitrogens is 2. The van der Waals surface area contributed by atoms with Crippen molar-refractivity contribution in [1.82, 2.24) is 9.97 Å². The standard InChI is InChI=1S/C48H43Cl3N4O3S/c49-34-9-5-32(6-10-34)45-18-28-15-29(19-45)23-47(22-28,26-45)41(56)54(43-52-38-17-36(51)13-14-39(38)58-43)55(44-53-37-3-1-2-4-40(37)59-44)42(57)48-24-30-16-31(25-48)21-46(20-30,27-48)33-7-11-35(50)12-8-33/h1-14,17,28-31H,15-16,18-27H2. The number of nitrogens with zero attached hydrogens (tertiary/aromatic N) is 4. The molecule has 8 bridgehead atoms. The maximum absolute atomic E-state index is 16.4. The van der Waals surface area contributed by atoms with Gasteiger partial charge in [0.05, 0.1) is 21.0 Å². The van der Waals surface area contributed by atoms with E-state index in [-0.39, 0.29) is 28.7 Å². The van der Waals surface area contributed by atoms with Crippen LogP contribution in [0.1, 0.15) is 88.2 Å². The summed E-state index contributed by atoms with van der Waals surface area (Å²) in [4.78, 5) is 43.0. The smallest absolute Gasteiger partial charge is 0.325 e. The molecule has 2 heterocycles. The highest BCUT2D eigenvalue weighted by molar-refractivity contribution is 7.22. The second-order valence-electron chi connectivity index (χ2n) is 19.4. The summed E-state index contributed by atoms with van der Waals surface area (Å²) in [5.41, 5.74) is 2.52. The van der Waals surface area contributed by atoms with Crippen molar-refractivity contribution in [2.24, 2.45) is 34.5 Å². The second-order valence-corrected chi connectivity index (χ2v) is 21.7. The van der Waals surface area contributed by atoms with E-state index in [1.54, 1.807) is 28.2 Å². The zero-order chi connectivity index (χ0) is 39.9. The maximum atomic E-state index is 16.4. The first-order valence-electron chi connectivity index (χ1n) is 21.1. The van der Waals surface area contributed by atoms with Crippen LogP contribution in [-0.4, -0.2) is 21.8 Å². The number of fused-ring (bicyclic) bond motifs is 2. The van der Waals surface area contributed by atoms with E-state index in [1.807, 2.05) is 48.5 Å². The van der Waals surface area contributed by atoms with Crippen molar-refractivity contribution in [1.29, 1.82) is 0 Å². The first kappa shape index (κ1) is 36.9. The Balaban J connectivity index is 1.04. The molecule has 8 saturated carbocycles. The topological polar surface area (TPSA) is 79.5 Å². The van der Waals surface area contributed by atoms with Gasteiger partial charge in [-0.1, -0.05) is 82.5 Å². The number of hydrogen-bond donors (Lipinski definition) is 0. The molecule has 0 radical (unpaired) electrons. The number of hydrazine groups is 1. The number of halogens is 3. The molecule has 7 nitrogen and oxygen atoms in total. The molecule has 0 saturated heterocycles. The first-order valence-corrected chi connectivity index (χ1v) is 23.1. The van der Waals surface area contributed by atoms with Crippen molar-refractivity contribution in [3.05, 3.63) is 117 Å². The summed E-state index contributed by atoms with van der Waals surface area (Å²) in [6.07, 6.45) is 10.9. The monoisotopic (exact) mass is 860 g/mol. The summed E-state index contributed by atoms with van der Waals surface area (Å²) in [6, 6.07) is 29.9. The number of thiazole rings is 1. The van der Waals surface area contributed by atoms with Gasteiger partial charge in [0.1, 0.15) is 5.52 Å². The van der Waals surface area contributed by atoms with E-state index in [4.69, 9.17) is 49.2 Å². The van der Waals surface area contributed by atoms with E-state index in [2.05, 4.69) is 24.3 Å². The molecule has 8 fully saturated rings. The van der Waals surface area contributed by atoms with Crippen LogP contribution in [-0.2, 0) is 20.4 Å². The Bertz CT molecular complexity index is 2630. The minimum absolute atomic E-state index is 0.0771. The van der Waals surface area contributed by atoms with Gasteiger partial charge in [0.15, 0.2) is 5.58 Å². The quantitative estimate of drug-likeness (QED) is 0.156. The summed E-state index contributed by atoms with van der Waals surface area (Å²) >= 11 is 20.8. The zero-order valence-corrected chi connectivity index (χ0v) is 35.6. The highest BCUT2D eigenvalue weighted by Gasteiger charge is 2.66. The van der Waals surface area contributed by atoms with Gasteiger partial charge in [-0.2, -0.15) is 15.0 Å². The molecule has 4 unspecified atom stereocenters. The van der Waals surface area contributed by atoms with Crippen LogP contribution in [0.4, 0.5) is 11.1 Å². The highest BCUT2D eigenvalue weighted by Crippen LogP contribution is 2.68. The lowest BCUT2D eigenvalue weighted by Crippen LogP contribution is -2.66. The fourth-order valence-corrected chi connectivity index (χ4v) is 15.6. The van der Waals surface area contributed by atoms with Gasteiger partial charge in [0.2, 0.25) is 5.13 Å². The Hall–Kier alpha value is -3.95. The van der Waals surface area contributed by atoms with Crippen molar-refractivity contribution in [2.45, 2.75) is 87.9 Å². The summed E-state index contributed by atoms with van der Waals surface area (Å²) in [6.45, 7) is 0. The van der Waals surface area contributed by atoms with Crippen LogP contribution >= 0.6 is 46.1 Å². The predicted molar refractivity (Wildman–Crippen MR) is 234 cm³/mol. The van der Waals surface area contributed by atoms with Crippen molar-refractivity contribution < 1.29 is 14.0 Å². The first-order chi connectivity index (χ1) is 28.5. The number of rotatable bonds is 6. The number of oxazole rings is 1. The summed E-state index contributed by atoms with van der Waals surface area (Å²) in [5.74, 6) is 1.34. The van der Waals surface area contributed by atoms with Gasteiger partial charge in [0.25, 0.3) is 11.8 Å². The number of hydrogen-bond acceptors (Lipinski definition) is 6. The molecular formula is C48H43Cl3N4O3S. The average molecular weight is 862 g/mol. The van der Waals surface area contributed by atoms with Gasteiger partial charge in [-0.05, 0) is 177 Å². The van der Waals surface area contributed by atoms with Crippen molar-refractivity contribution >= 4 is 90.4 Å². The van der Waals surface area contributed by atoms with E-state index in [0.29, 0.717) is 67.8 Å². The molecule has 6 aromatic rings. The molecule has 0 N–H and O–H groups in total. The molecule has 11 heteroatoms. The SMILES string of the molecule is O=C(N(c1nc2cc(Cl)ccc2o1)N(C(=O)C12CC3CC(C1)CC(c1ccc(Cl)cc1)(C3)C2)c1nc2ccccc2s1)C12CC3CC(C1)CC(c1ccc(Cl)cc1)(C3)C2. The minimum Gasteiger partial charge on any atom is -0.422 e. The Kier molecular flexibility index (Phi) is 8.14. The molecule has 4 aromatic carbocycles. The highest BCUT2D eigenvalue weighted by atomic mass is 35.5. The number of carbonyl (C=O) groups excluding carboxylic acids is 2. The number of carbonyl (C=O) groups is 2. The van der Waals surface area contributed by atoms with Gasteiger partial charge in [-0.3, -0.25) is 9.59 Å². The van der Waals surface area contributed by atoms with Gasteiger partial charge < -0.3 is 4.42 Å². The zero-order valence-electron chi connectivity index (χ0n) is 32.5. The third kappa shape index (κ3) is 5.72. The molecule has 2 amide bonds. The fourth-order valence-electron chi connectivity index (χ4n) is 14.2. The molecular weight excluding hydrogens is 819 g/mol. The average Bonchev–Trinajstić information content (AvgIpc) is 3.83. The van der Waals surface area contributed by atoms with Crippen molar-refractivity contribution in [3.8, 4) is 0 Å². The van der Waals surface area contributed by atoms with Gasteiger partial charge >= 0.3 is 6.01 Å². The summed E-state index contributed by atoms with van der Waals surface area (Å²) < 4.78 is 7.57. The van der Waals surface area contributed by atoms with Crippen LogP contribution in [0.3, 0.4) is 0 Å². The van der Waals surface area contributed by atoms with E-state index in [1.165, 1.54) is 22.5 Å². The lowest BCUT2D eigenvalue weighted by atomic mass is 9.42. The van der Waals surface area contributed by atoms with Crippen LogP contribution in [0.2, 0.25) is 15.1 Å². The molecule has 14 rings (SSSR count). The molecule has 8 aliphatic carbocycles. The van der Waals surface area contributed by atoms with E-state index < -0.39 is 10.8 Å².